The van der Waals surface area contributed by atoms with Crippen LogP contribution in [0.5, 0.6) is 0 Å². The third-order valence-electron chi connectivity index (χ3n) is 7.85. The third-order valence-corrected chi connectivity index (χ3v) is 10.1. The monoisotopic (exact) mass is 637 g/mol. The quantitative estimate of drug-likeness (QED) is 0.232. The number of ether oxygens (including phenoxy) is 1. The Labute approximate surface area is 259 Å². The zero-order valence-electron chi connectivity index (χ0n) is 25.3. The molecule has 12 heteroatoms. The molecular weight excluding hydrogens is 594 g/mol. The number of hydrogen-bond acceptors (Lipinski definition) is 7. The van der Waals surface area contributed by atoms with Gasteiger partial charge in [0.15, 0.2) is 0 Å². The van der Waals surface area contributed by atoms with Crippen LogP contribution in [-0.2, 0) is 32.6 Å². The lowest BCUT2D eigenvalue weighted by Crippen LogP contribution is -2.70. The van der Waals surface area contributed by atoms with E-state index in [0.29, 0.717) is 41.8 Å². The van der Waals surface area contributed by atoms with Crippen molar-refractivity contribution in [3.63, 3.8) is 0 Å². The highest BCUT2D eigenvalue weighted by atomic mass is 35.5. The zero-order chi connectivity index (χ0) is 31.9. The van der Waals surface area contributed by atoms with Crippen molar-refractivity contribution in [3.05, 3.63) is 64.7 Å². The lowest BCUT2D eigenvalue weighted by atomic mass is 9.90. The Kier molecular flexibility index (Phi) is 12.0. The van der Waals surface area contributed by atoms with Gasteiger partial charge in [-0.15, -0.1) is 0 Å². The summed E-state index contributed by atoms with van der Waals surface area (Å²) in [6.45, 7) is 5.18. The van der Waals surface area contributed by atoms with Gasteiger partial charge in [0.05, 0.1) is 24.7 Å². The van der Waals surface area contributed by atoms with E-state index >= 15 is 0 Å². The summed E-state index contributed by atoms with van der Waals surface area (Å²) >= 11 is 6.47. The number of halogens is 1. The smallest absolute Gasteiger partial charge is 0.411 e. The number of aliphatic hydroxyl groups excluding tert-OH is 2. The first-order valence-corrected chi connectivity index (χ1v) is 16.4. The van der Waals surface area contributed by atoms with Crippen molar-refractivity contribution < 1.29 is 33.0 Å². The number of benzene rings is 2. The minimum Gasteiger partial charge on any atom is -0.453 e. The van der Waals surface area contributed by atoms with Gasteiger partial charge >= 0.3 is 6.09 Å². The van der Waals surface area contributed by atoms with Gasteiger partial charge in [0.25, 0.3) is 0 Å². The molecule has 3 rings (SSSR count). The Bertz CT molecular complexity index is 1350. The molecule has 0 radical (unpaired) electrons. The molecule has 10 nitrogen and oxygen atoms in total. The lowest BCUT2D eigenvalue weighted by Gasteiger charge is -2.52. The largest absolute Gasteiger partial charge is 0.453 e. The molecule has 43 heavy (non-hydrogen) atoms. The van der Waals surface area contributed by atoms with Crippen LogP contribution < -0.4 is 5.73 Å². The number of rotatable bonds is 16. The second-order valence-electron chi connectivity index (χ2n) is 11.7. The van der Waals surface area contributed by atoms with Crippen molar-refractivity contribution in [1.29, 1.82) is 0 Å². The maximum absolute atomic E-state index is 14.7. The van der Waals surface area contributed by atoms with Gasteiger partial charge in [0, 0.05) is 18.0 Å². The number of nitrogens with two attached hydrogens (primary N) is 1. The summed E-state index contributed by atoms with van der Waals surface area (Å²) in [5.74, 6) is -1.34. The molecular formula is C31H44ClN3O7S. The van der Waals surface area contributed by atoms with Crippen molar-refractivity contribution in [2.24, 2.45) is 17.6 Å². The van der Waals surface area contributed by atoms with Crippen molar-refractivity contribution in [2.45, 2.75) is 88.6 Å². The van der Waals surface area contributed by atoms with Crippen LogP contribution in [0.1, 0.15) is 64.0 Å². The fraction of sp³-hybridized carbons (Fsp3) is 0.548. The number of carbonyl (C=O) groups excluding carboxylic acids is 2. The van der Waals surface area contributed by atoms with Gasteiger partial charge < -0.3 is 20.7 Å². The van der Waals surface area contributed by atoms with Gasteiger partial charge in [-0.3, -0.25) is 9.69 Å². The summed E-state index contributed by atoms with van der Waals surface area (Å²) in [4.78, 5) is 28.4. The highest BCUT2D eigenvalue weighted by Crippen LogP contribution is 2.51. The second-order valence-corrected chi connectivity index (χ2v) is 13.9. The number of amides is 2. The summed E-state index contributed by atoms with van der Waals surface area (Å²) in [6, 6.07) is 11.5. The highest BCUT2D eigenvalue weighted by Gasteiger charge is 2.60. The maximum Gasteiger partial charge on any atom is 0.411 e. The number of primary amides is 1. The van der Waals surface area contributed by atoms with Crippen molar-refractivity contribution in [1.82, 2.24) is 9.21 Å². The molecule has 2 aromatic rings. The molecule has 1 aliphatic carbocycles. The minimum absolute atomic E-state index is 0.0163. The fourth-order valence-corrected chi connectivity index (χ4v) is 7.89. The van der Waals surface area contributed by atoms with Crippen LogP contribution in [0.25, 0.3) is 0 Å². The molecule has 2 amide bonds. The molecule has 0 saturated heterocycles. The number of sulfonamides is 1. The average Bonchev–Trinajstić information content (AvgIpc) is 3.81. The number of aliphatic hydroxyl groups is 2. The van der Waals surface area contributed by atoms with E-state index in [1.807, 2.05) is 13.8 Å². The fourth-order valence-electron chi connectivity index (χ4n) is 5.71. The van der Waals surface area contributed by atoms with Gasteiger partial charge in [0.2, 0.25) is 15.9 Å². The molecule has 238 valence electrons. The van der Waals surface area contributed by atoms with Crippen LogP contribution in [0.4, 0.5) is 4.79 Å². The molecule has 3 atom stereocenters. The van der Waals surface area contributed by atoms with Gasteiger partial charge in [-0.05, 0) is 80.2 Å². The van der Waals surface area contributed by atoms with Crippen molar-refractivity contribution in [3.8, 4) is 0 Å². The molecule has 0 bridgehead atoms. The third kappa shape index (κ3) is 8.07. The molecule has 0 aliphatic heterocycles. The first-order valence-electron chi connectivity index (χ1n) is 14.6. The van der Waals surface area contributed by atoms with Gasteiger partial charge in [-0.25, -0.2) is 13.2 Å². The Morgan fingerprint density at radius 2 is 1.74 bits per heavy atom. The molecule has 2 aromatic carbocycles. The molecule has 0 aromatic heterocycles. The molecule has 1 saturated carbocycles. The molecule has 4 N–H and O–H groups in total. The average molecular weight is 638 g/mol. The maximum atomic E-state index is 14.7. The normalized spacial score (nSPS) is 16.5. The molecule has 0 unspecified atom stereocenters. The van der Waals surface area contributed by atoms with Crippen LogP contribution in [0.3, 0.4) is 0 Å². The summed E-state index contributed by atoms with van der Waals surface area (Å²) in [6.07, 6.45) is 0.420. The van der Waals surface area contributed by atoms with Crippen LogP contribution >= 0.6 is 11.6 Å². The van der Waals surface area contributed by atoms with Gasteiger partial charge in [-0.1, -0.05) is 55.8 Å². The van der Waals surface area contributed by atoms with E-state index in [1.54, 1.807) is 31.2 Å². The van der Waals surface area contributed by atoms with E-state index in [1.165, 1.54) is 40.6 Å². The number of carbonyl (C=O) groups is 2. The topological polar surface area (TPSA) is 150 Å². The van der Waals surface area contributed by atoms with E-state index in [0.717, 1.165) is 0 Å². The Morgan fingerprint density at radius 3 is 2.23 bits per heavy atom. The SMILES string of the molecule is COC(=O)N([C@@H](Cc1ccccc1Cl)C(N)=O)[C@@](CCC[C@H](C)O)(C1CC1)N(CC(C)C)S(=O)(=O)c1ccc(CO)cc1. The van der Waals surface area contributed by atoms with E-state index in [-0.39, 0.29) is 42.7 Å². The Morgan fingerprint density at radius 1 is 1.12 bits per heavy atom. The predicted molar refractivity (Wildman–Crippen MR) is 164 cm³/mol. The second kappa shape index (κ2) is 14.9. The number of nitrogens with zero attached hydrogens (tertiary/aromatic N) is 2. The Hall–Kier alpha value is -2.70. The first kappa shape index (κ1) is 34.8. The molecule has 1 fully saturated rings. The lowest BCUT2D eigenvalue weighted by molar-refractivity contribution is -0.130. The van der Waals surface area contributed by atoms with E-state index in [4.69, 9.17) is 22.1 Å². The van der Waals surface area contributed by atoms with Crippen LogP contribution in [0.15, 0.2) is 53.4 Å². The van der Waals surface area contributed by atoms with Crippen molar-refractivity contribution in [2.75, 3.05) is 13.7 Å². The molecule has 0 heterocycles. The summed E-state index contributed by atoms with van der Waals surface area (Å²) in [5.41, 5.74) is 5.57. The van der Waals surface area contributed by atoms with E-state index < -0.39 is 39.8 Å². The minimum atomic E-state index is -4.30. The number of methoxy groups -OCH3 is 1. The summed E-state index contributed by atoms with van der Waals surface area (Å²) in [7, 11) is -3.11. The van der Waals surface area contributed by atoms with Crippen LogP contribution in [-0.4, -0.2) is 71.3 Å². The molecule has 1 aliphatic rings. The zero-order valence-corrected chi connectivity index (χ0v) is 26.9. The van der Waals surface area contributed by atoms with Crippen molar-refractivity contribution >= 4 is 33.6 Å². The number of hydrogen-bond donors (Lipinski definition) is 3. The van der Waals surface area contributed by atoms with E-state index in [2.05, 4.69) is 0 Å². The van der Waals surface area contributed by atoms with E-state index in [9.17, 15) is 28.2 Å². The Balaban J connectivity index is 2.34. The van der Waals surface area contributed by atoms with Crippen LogP contribution in [0.2, 0.25) is 5.02 Å². The summed E-state index contributed by atoms with van der Waals surface area (Å²) in [5, 5.41) is 20.1. The highest BCUT2D eigenvalue weighted by molar-refractivity contribution is 7.89. The molecule has 0 spiro atoms. The van der Waals surface area contributed by atoms with Gasteiger partial charge in [-0.2, -0.15) is 4.31 Å². The first-order chi connectivity index (χ1) is 20.3. The summed E-state index contributed by atoms with van der Waals surface area (Å²) < 4.78 is 35.9. The predicted octanol–water partition coefficient (Wildman–Crippen LogP) is 4.30. The van der Waals surface area contributed by atoms with Gasteiger partial charge in [0.1, 0.15) is 11.7 Å². The van der Waals surface area contributed by atoms with Crippen LogP contribution in [0, 0.1) is 11.8 Å². The standard InChI is InChI=1S/C31H44ClN3O7S/c1-21(2)19-34(43(40,41)26-15-11-23(20-36)12-16-26)31(25-13-14-25,17-7-8-22(3)37)35(30(39)42-4)28(29(33)38)18-24-9-5-6-10-27(24)32/h5-6,9-12,15-16,21-22,25,28,36-37H,7-8,13-14,17-20H2,1-4H3,(H2,33,38)/t22-,28-,31-/m0/s1.